The van der Waals surface area contributed by atoms with Crippen molar-refractivity contribution in [2.24, 2.45) is 23.7 Å². The highest BCUT2D eigenvalue weighted by atomic mass is 16.2. The molecule has 2 saturated carbocycles. The maximum Gasteiger partial charge on any atom is 0.225 e. The zero-order chi connectivity index (χ0) is 11.4. The second-order valence-electron chi connectivity index (χ2n) is 6.51. The van der Waals surface area contributed by atoms with E-state index in [4.69, 9.17) is 0 Å². The molecule has 3 heteroatoms. The number of hydrogen-bond donors (Lipinski definition) is 1. The van der Waals surface area contributed by atoms with Crippen LogP contribution in [0.3, 0.4) is 0 Å². The summed E-state index contributed by atoms with van der Waals surface area (Å²) in [5.41, 5.74) is 0. The van der Waals surface area contributed by atoms with Crippen LogP contribution in [0.25, 0.3) is 0 Å². The highest BCUT2D eigenvalue weighted by Crippen LogP contribution is 2.46. The minimum absolute atomic E-state index is 0.391. The molecule has 5 aliphatic rings. The summed E-state index contributed by atoms with van der Waals surface area (Å²) in [6.07, 6.45) is 6.21. The summed E-state index contributed by atoms with van der Waals surface area (Å²) in [6, 6.07) is 0.577. The molecular formula is C14H22N2O. The van der Waals surface area contributed by atoms with Crippen LogP contribution < -0.4 is 5.32 Å². The monoisotopic (exact) mass is 234 g/mol. The van der Waals surface area contributed by atoms with Gasteiger partial charge < -0.3 is 10.2 Å². The third-order valence-electron chi connectivity index (χ3n) is 5.81. The molecule has 0 spiro atoms. The lowest BCUT2D eigenvalue weighted by molar-refractivity contribution is -0.150. The summed E-state index contributed by atoms with van der Waals surface area (Å²) >= 11 is 0. The van der Waals surface area contributed by atoms with Gasteiger partial charge in [-0.1, -0.05) is 6.42 Å². The SMILES string of the molecule is O=C(C1CCC1)N1C[C@H]2CC[C@H]1[C@H]1CNC[C@@H]21. The van der Waals surface area contributed by atoms with Gasteiger partial charge in [-0.15, -0.1) is 0 Å². The van der Waals surface area contributed by atoms with Gasteiger partial charge in [0.15, 0.2) is 0 Å². The van der Waals surface area contributed by atoms with Crippen LogP contribution in [-0.4, -0.2) is 36.5 Å². The first kappa shape index (κ1) is 10.4. The molecule has 0 aromatic heterocycles. The summed E-state index contributed by atoms with van der Waals surface area (Å²) in [7, 11) is 0. The van der Waals surface area contributed by atoms with Crippen LogP contribution in [0, 0.1) is 23.7 Å². The van der Waals surface area contributed by atoms with Crippen LogP contribution in [-0.2, 0) is 4.79 Å². The van der Waals surface area contributed by atoms with Gasteiger partial charge in [0.2, 0.25) is 5.91 Å². The van der Waals surface area contributed by atoms with E-state index in [1.165, 1.54) is 25.8 Å². The van der Waals surface area contributed by atoms with Crippen LogP contribution in [0.2, 0.25) is 0 Å². The highest BCUT2D eigenvalue weighted by molar-refractivity contribution is 5.80. The van der Waals surface area contributed by atoms with Gasteiger partial charge in [-0.3, -0.25) is 4.79 Å². The molecule has 1 N–H and O–H groups in total. The molecule has 3 nitrogen and oxygen atoms in total. The number of hydrogen-bond acceptors (Lipinski definition) is 2. The Labute approximate surface area is 103 Å². The summed E-state index contributed by atoms with van der Waals surface area (Å²) < 4.78 is 0. The van der Waals surface area contributed by atoms with Crippen molar-refractivity contribution in [1.82, 2.24) is 10.2 Å². The number of nitrogens with zero attached hydrogens (tertiary/aromatic N) is 1. The number of rotatable bonds is 1. The van der Waals surface area contributed by atoms with Crippen molar-refractivity contribution >= 4 is 5.91 Å². The van der Waals surface area contributed by atoms with Gasteiger partial charge in [0, 0.05) is 25.0 Å². The van der Waals surface area contributed by atoms with Gasteiger partial charge in [-0.25, -0.2) is 0 Å². The molecule has 0 unspecified atom stereocenters. The molecule has 1 amide bonds. The fraction of sp³-hybridized carbons (Fsp3) is 0.929. The lowest BCUT2D eigenvalue weighted by Crippen LogP contribution is -2.60. The maximum absolute atomic E-state index is 12.5. The van der Waals surface area contributed by atoms with E-state index in [9.17, 15) is 4.79 Å². The molecule has 3 heterocycles. The minimum atomic E-state index is 0.391. The van der Waals surface area contributed by atoms with E-state index >= 15 is 0 Å². The Hall–Kier alpha value is -0.570. The Kier molecular flexibility index (Phi) is 2.26. The third-order valence-corrected chi connectivity index (χ3v) is 5.81. The van der Waals surface area contributed by atoms with E-state index in [2.05, 4.69) is 10.2 Å². The van der Waals surface area contributed by atoms with Crippen molar-refractivity contribution in [3.63, 3.8) is 0 Å². The van der Waals surface area contributed by atoms with E-state index in [-0.39, 0.29) is 0 Å². The normalized spacial score (nSPS) is 44.6. The first-order valence-corrected chi connectivity index (χ1v) is 7.36. The predicted molar refractivity (Wildman–Crippen MR) is 65.4 cm³/mol. The number of carbonyl (C=O) groups is 1. The summed E-state index contributed by atoms with van der Waals surface area (Å²) in [4.78, 5) is 14.7. The van der Waals surface area contributed by atoms with Gasteiger partial charge >= 0.3 is 0 Å². The van der Waals surface area contributed by atoms with E-state index < -0.39 is 0 Å². The fourth-order valence-electron chi connectivity index (χ4n) is 4.61. The first-order valence-electron chi connectivity index (χ1n) is 7.36. The van der Waals surface area contributed by atoms with Crippen molar-refractivity contribution < 1.29 is 4.79 Å². The lowest BCUT2D eigenvalue weighted by atomic mass is 9.66. The summed E-state index contributed by atoms with van der Waals surface area (Å²) in [5, 5.41) is 3.54. The summed E-state index contributed by atoms with van der Waals surface area (Å²) in [6.45, 7) is 3.43. The molecule has 5 rings (SSSR count). The Bertz CT molecular complexity index is 339. The molecule has 0 aromatic carbocycles. The van der Waals surface area contributed by atoms with Crippen LogP contribution in [0.4, 0.5) is 0 Å². The van der Waals surface area contributed by atoms with Crippen LogP contribution >= 0.6 is 0 Å². The van der Waals surface area contributed by atoms with E-state index in [0.717, 1.165) is 43.7 Å². The molecule has 94 valence electrons. The Morgan fingerprint density at radius 3 is 2.65 bits per heavy atom. The van der Waals surface area contributed by atoms with Gasteiger partial charge in [0.1, 0.15) is 0 Å². The topological polar surface area (TPSA) is 32.3 Å². The van der Waals surface area contributed by atoms with Crippen molar-refractivity contribution in [2.45, 2.75) is 38.1 Å². The molecule has 4 atom stereocenters. The average molecular weight is 234 g/mol. The minimum Gasteiger partial charge on any atom is -0.339 e. The predicted octanol–water partition coefficient (Wildman–Crippen LogP) is 1.24. The molecule has 0 radical (unpaired) electrons. The van der Waals surface area contributed by atoms with Crippen LogP contribution in [0.5, 0.6) is 0 Å². The van der Waals surface area contributed by atoms with E-state index in [0.29, 0.717) is 17.9 Å². The van der Waals surface area contributed by atoms with E-state index in [1.807, 2.05) is 0 Å². The standard InChI is InChI=1S/C14H22N2O/c17-14(9-2-1-3-9)16-8-10-4-5-13(16)12-7-15-6-11(10)12/h9-13,15H,1-8H2/t10-,11+,12+,13+/m1/s1. The number of carbonyl (C=O) groups excluding carboxylic acids is 1. The highest BCUT2D eigenvalue weighted by Gasteiger charge is 2.51. The second kappa shape index (κ2) is 3.71. The quantitative estimate of drug-likeness (QED) is 0.740. The number of nitrogens with one attached hydrogen (secondary N) is 1. The Morgan fingerprint density at radius 2 is 1.88 bits per heavy atom. The smallest absolute Gasteiger partial charge is 0.225 e. The molecule has 3 aliphatic heterocycles. The molecular weight excluding hydrogens is 212 g/mol. The zero-order valence-electron chi connectivity index (χ0n) is 10.4. The average Bonchev–Trinajstić information content (AvgIpc) is 2.77. The van der Waals surface area contributed by atoms with Crippen molar-refractivity contribution in [2.75, 3.05) is 19.6 Å². The molecule has 3 saturated heterocycles. The van der Waals surface area contributed by atoms with Gasteiger partial charge in [0.05, 0.1) is 0 Å². The van der Waals surface area contributed by atoms with Crippen LogP contribution in [0.1, 0.15) is 32.1 Å². The first-order chi connectivity index (χ1) is 8.34. The zero-order valence-corrected chi connectivity index (χ0v) is 10.4. The van der Waals surface area contributed by atoms with Gasteiger partial charge in [0.25, 0.3) is 0 Å². The van der Waals surface area contributed by atoms with E-state index in [1.54, 1.807) is 0 Å². The Morgan fingerprint density at radius 1 is 1.06 bits per heavy atom. The van der Waals surface area contributed by atoms with Crippen LogP contribution in [0.15, 0.2) is 0 Å². The molecule has 2 bridgehead atoms. The second-order valence-corrected chi connectivity index (χ2v) is 6.51. The van der Waals surface area contributed by atoms with Crippen molar-refractivity contribution in [3.8, 4) is 0 Å². The fourth-order valence-corrected chi connectivity index (χ4v) is 4.61. The largest absolute Gasteiger partial charge is 0.339 e. The van der Waals surface area contributed by atoms with Gasteiger partial charge in [-0.05, 0) is 50.0 Å². The number of piperidine rings is 2. The lowest BCUT2D eigenvalue weighted by Gasteiger charge is -2.53. The van der Waals surface area contributed by atoms with Crippen molar-refractivity contribution in [3.05, 3.63) is 0 Å². The number of fused-ring (bicyclic) bond motifs is 2. The van der Waals surface area contributed by atoms with Gasteiger partial charge in [-0.2, -0.15) is 0 Å². The summed E-state index contributed by atoms with van der Waals surface area (Å²) in [5.74, 6) is 3.33. The Balaban J connectivity index is 1.56. The maximum atomic E-state index is 12.5. The third kappa shape index (κ3) is 1.41. The van der Waals surface area contributed by atoms with Crippen molar-refractivity contribution in [1.29, 1.82) is 0 Å². The molecule has 2 aliphatic carbocycles. The number of amides is 1. The molecule has 17 heavy (non-hydrogen) atoms. The molecule has 0 aromatic rings. The molecule has 5 fully saturated rings.